The van der Waals surface area contributed by atoms with Crippen LogP contribution in [0.4, 0.5) is 0 Å². The predicted molar refractivity (Wildman–Crippen MR) is 67.8 cm³/mol. The zero-order chi connectivity index (χ0) is 11.7. The molecule has 3 atom stereocenters. The molecule has 0 spiro atoms. The van der Waals surface area contributed by atoms with Crippen LogP contribution in [-0.2, 0) is 6.42 Å². The minimum Gasteiger partial charge on any atom is -0.392 e. The molecule has 0 aromatic carbocycles. The third kappa shape index (κ3) is 2.46. The average Bonchev–Trinajstić information content (AvgIpc) is 2.74. The summed E-state index contributed by atoms with van der Waals surface area (Å²) in [5.74, 6) is 1.17. The first-order chi connectivity index (χ1) is 7.58. The molecule has 2 rings (SSSR count). The lowest BCUT2D eigenvalue weighted by molar-refractivity contribution is 0.0901. The molecular formula is C13H21NOS. The van der Waals surface area contributed by atoms with E-state index in [1.165, 1.54) is 24.1 Å². The van der Waals surface area contributed by atoms with Gasteiger partial charge in [0.25, 0.3) is 0 Å². The van der Waals surface area contributed by atoms with Crippen LogP contribution in [0.15, 0.2) is 0 Å². The van der Waals surface area contributed by atoms with Crippen molar-refractivity contribution in [2.24, 2.45) is 11.8 Å². The molecular weight excluding hydrogens is 218 g/mol. The van der Waals surface area contributed by atoms with E-state index < -0.39 is 0 Å². The van der Waals surface area contributed by atoms with E-state index in [0.29, 0.717) is 11.8 Å². The van der Waals surface area contributed by atoms with E-state index in [-0.39, 0.29) is 6.10 Å². The molecule has 3 heteroatoms. The highest BCUT2D eigenvalue weighted by molar-refractivity contribution is 7.11. The number of hydrogen-bond donors (Lipinski definition) is 1. The van der Waals surface area contributed by atoms with Gasteiger partial charge in [-0.1, -0.05) is 19.8 Å². The van der Waals surface area contributed by atoms with Gasteiger partial charge in [-0.15, -0.1) is 11.3 Å². The molecule has 1 saturated carbocycles. The minimum atomic E-state index is -0.192. The summed E-state index contributed by atoms with van der Waals surface area (Å²) in [7, 11) is 0. The van der Waals surface area contributed by atoms with Gasteiger partial charge in [-0.05, 0) is 32.1 Å². The maximum Gasteiger partial charge on any atom is 0.0956 e. The summed E-state index contributed by atoms with van der Waals surface area (Å²) in [5.41, 5.74) is 1.12. The Morgan fingerprint density at radius 3 is 2.69 bits per heavy atom. The molecule has 1 heterocycles. The fourth-order valence-corrected chi connectivity index (χ4v) is 3.69. The summed E-state index contributed by atoms with van der Waals surface area (Å²) in [6.07, 6.45) is 4.29. The highest BCUT2D eigenvalue weighted by Crippen LogP contribution is 2.35. The van der Waals surface area contributed by atoms with Crippen LogP contribution < -0.4 is 0 Å². The normalized spacial score (nSPS) is 27.2. The van der Waals surface area contributed by atoms with Gasteiger partial charge in [0.15, 0.2) is 0 Å². The van der Waals surface area contributed by atoms with E-state index in [0.717, 1.165) is 17.1 Å². The molecule has 1 aliphatic carbocycles. The van der Waals surface area contributed by atoms with Crippen LogP contribution in [-0.4, -0.2) is 16.2 Å². The van der Waals surface area contributed by atoms with Crippen molar-refractivity contribution < 1.29 is 5.11 Å². The van der Waals surface area contributed by atoms with Gasteiger partial charge in [-0.3, -0.25) is 0 Å². The van der Waals surface area contributed by atoms with Crippen LogP contribution in [0.1, 0.15) is 41.8 Å². The summed E-state index contributed by atoms with van der Waals surface area (Å²) in [6, 6.07) is 0. The first-order valence-electron chi connectivity index (χ1n) is 6.19. The minimum absolute atomic E-state index is 0.192. The van der Waals surface area contributed by atoms with Gasteiger partial charge in [0, 0.05) is 11.3 Å². The molecule has 1 aromatic heterocycles. The van der Waals surface area contributed by atoms with Gasteiger partial charge in [-0.25, -0.2) is 4.98 Å². The molecule has 0 saturated heterocycles. The van der Waals surface area contributed by atoms with Gasteiger partial charge < -0.3 is 5.11 Å². The number of aliphatic hydroxyl groups is 1. The molecule has 1 aliphatic rings. The smallest absolute Gasteiger partial charge is 0.0956 e. The Bertz CT molecular complexity index is 341. The van der Waals surface area contributed by atoms with Crippen molar-refractivity contribution in [3.63, 3.8) is 0 Å². The molecule has 0 radical (unpaired) electrons. The maximum atomic E-state index is 10.2. The Labute approximate surface area is 102 Å². The first kappa shape index (κ1) is 12.1. The number of nitrogens with zero attached hydrogens (tertiary/aromatic N) is 1. The van der Waals surface area contributed by atoms with Gasteiger partial charge in [-0.2, -0.15) is 0 Å². The zero-order valence-corrected chi connectivity index (χ0v) is 11.2. The van der Waals surface area contributed by atoms with E-state index >= 15 is 0 Å². The van der Waals surface area contributed by atoms with Crippen LogP contribution >= 0.6 is 11.3 Å². The van der Waals surface area contributed by atoms with Crippen molar-refractivity contribution in [1.29, 1.82) is 0 Å². The van der Waals surface area contributed by atoms with Crippen LogP contribution in [0.5, 0.6) is 0 Å². The number of aromatic nitrogens is 1. The number of thiazole rings is 1. The molecule has 1 N–H and O–H groups in total. The first-order valence-corrected chi connectivity index (χ1v) is 7.00. The van der Waals surface area contributed by atoms with E-state index in [9.17, 15) is 5.11 Å². The lowest BCUT2D eigenvalue weighted by Gasteiger charge is -2.21. The summed E-state index contributed by atoms with van der Waals surface area (Å²) >= 11 is 1.73. The van der Waals surface area contributed by atoms with Crippen molar-refractivity contribution in [2.45, 2.75) is 52.6 Å². The summed E-state index contributed by atoms with van der Waals surface area (Å²) in [5, 5.41) is 11.3. The molecule has 1 fully saturated rings. The lowest BCUT2D eigenvalue weighted by atomic mass is 9.91. The summed E-state index contributed by atoms with van der Waals surface area (Å²) in [6.45, 7) is 6.40. The van der Waals surface area contributed by atoms with Crippen molar-refractivity contribution in [3.8, 4) is 0 Å². The van der Waals surface area contributed by atoms with Crippen LogP contribution in [0.3, 0.4) is 0 Å². The van der Waals surface area contributed by atoms with E-state index in [4.69, 9.17) is 0 Å². The second-order valence-corrected chi connectivity index (χ2v) is 6.38. The topological polar surface area (TPSA) is 33.1 Å². The van der Waals surface area contributed by atoms with E-state index in [1.807, 2.05) is 6.92 Å². The van der Waals surface area contributed by atoms with Crippen molar-refractivity contribution >= 4 is 11.3 Å². The van der Waals surface area contributed by atoms with Crippen molar-refractivity contribution in [3.05, 3.63) is 15.6 Å². The number of aliphatic hydroxyl groups excluding tert-OH is 1. The third-order valence-electron chi connectivity index (χ3n) is 3.88. The summed E-state index contributed by atoms with van der Waals surface area (Å²) < 4.78 is 0. The Kier molecular flexibility index (Phi) is 3.65. The standard InChI is InChI=1S/C13H21NOS/c1-8-5-4-6-11(8)12(15)7-13-14-9(2)10(3)16-13/h8,11-12,15H,4-7H2,1-3H3. The predicted octanol–water partition coefficient (Wildman–Crippen LogP) is 3.10. The largest absolute Gasteiger partial charge is 0.392 e. The Morgan fingerprint density at radius 2 is 2.19 bits per heavy atom. The molecule has 1 aromatic rings. The van der Waals surface area contributed by atoms with Crippen molar-refractivity contribution in [2.75, 3.05) is 0 Å². The highest BCUT2D eigenvalue weighted by atomic mass is 32.1. The quantitative estimate of drug-likeness (QED) is 0.879. The van der Waals surface area contributed by atoms with Crippen LogP contribution in [0, 0.1) is 25.7 Å². The molecule has 3 unspecified atom stereocenters. The number of rotatable bonds is 3. The van der Waals surface area contributed by atoms with Gasteiger partial charge in [0.2, 0.25) is 0 Å². The van der Waals surface area contributed by atoms with Gasteiger partial charge in [0.1, 0.15) is 0 Å². The monoisotopic (exact) mass is 239 g/mol. The highest BCUT2D eigenvalue weighted by Gasteiger charge is 2.30. The van der Waals surface area contributed by atoms with E-state index in [2.05, 4.69) is 18.8 Å². The molecule has 2 nitrogen and oxygen atoms in total. The second-order valence-electron chi connectivity index (χ2n) is 5.09. The maximum absolute atomic E-state index is 10.2. The van der Waals surface area contributed by atoms with E-state index in [1.54, 1.807) is 11.3 Å². The van der Waals surface area contributed by atoms with Gasteiger partial charge >= 0.3 is 0 Å². The number of aryl methyl sites for hydroxylation is 2. The lowest BCUT2D eigenvalue weighted by Crippen LogP contribution is -2.24. The van der Waals surface area contributed by atoms with Crippen LogP contribution in [0.25, 0.3) is 0 Å². The Morgan fingerprint density at radius 1 is 1.44 bits per heavy atom. The van der Waals surface area contributed by atoms with Crippen LogP contribution in [0.2, 0.25) is 0 Å². The van der Waals surface area contributed by atoms with Gasteiger partial charge in [0.05, 0.1) is 16.8 Å². The molecule has 0 bridgehead atoms. The molecule has 16 heavy (non-hydrogen) atoms. The van der Waals surface area contributed by atoms with Crippen molar-refractivity contribution in [1.82, 2.24) is 4.98 Å². The Hall–Kier alpha value is -0.410. The second kappa shape index (κ2) is 4.84. The zero-order valence-electron chi connectivity index (χ0n) is 10.4. The summed E-state index contributed by atoms with van der Waals surface area (Å²) in [4.78, 5) is 5.78. The Balaban J connectivity index is 1.98. The third-order valence-corrected chi connectivity index (χ3v) is 4.97. The fraction of sp³-hybridized carbons (Fsp3) is 0.769. The molecule has 90 valence electrons. The molecule has 0 amide bonds. The average molecular weight is 239 g/mol. The molecule has 0 aliphatic heterocycles. The SMILES string of the molecule is Cc1nc(CC(O)C2CCCC2C)sc1C. The fourth-order valence-electron chi connectivity index (χ4n) is 2.70. The number of hydrogen-bond acceptors (Lipinski definition) is 3.